The third kappa shape index (κ3) is 1.48. The van der Waals surface area contributed by atoms with Crippen LogP contribution in [0.25, 0.3) is 0 Å². The maximum atomic E-state index is 12.9. The molecule has 1 aliphatic heterocycles. The van der Waals surface area contributed by atoms with Crippen LogP contribution in [0.4, 0.5) is 10.1 Å². The summed E-state index contributed by atoms with van der Waals surface area (Å²) in [6, 6.07) is 2.52. The summed E-state index contributed by atoms with van der Waals surface area (Å²) in [5.41, 5.74) is 0.361. The molecule has 0 unspecified atom stereocenters. The molecule has 2 rings (SSSR count). The van der Waals surface area contributed by atoms with Gasteiger partial charge in [0.05, 0.1) is 10.2 Å². The lowest BCUT2D eigenvalue weighted by Gasteiger charge is -2.24. The van der Waals surface area contributed by atoms with Gasteiger partial charge in [0.25, 0.3) is 5.91 Å². The lowest BCUT2D eigenvalue weighted by atomic mass is 10.2. The summed E-state index contributed by atoms with van der Waals surface area (Å²) in [5, 5.41) is 2.56. The molecule has 0 saturated carbocycles. The fourth-order valence-corrected chi connectivity index (χ4v) is 1.76. The van der Waals surface area contributed by atoms with E-state index in [0.29, 0.717) is 15.9 Å². The number of halogens is 2. The average Bonchev–Trinajstić information content (AvgIpc) is 2.08. The third-order valence-corrected chi connectivity index (χ3v) is 2.52. The van der Waals surface area contributed by atoms with Crippen molar-refractivity contribution in [3.05, 3.63) is 22.4 Å². The Morgan fingerprint density at radius 1 is 1.57 bits per heavy atom. The van der Waals surface area contributed by atoms with Crippen LogP contribution in [-0.2, 0) is 4.79 Å². The van der Waals surface area contributed by atoms with E-state index in [2.05, 4.69) is 21.2 Å². The molecule has 1 aromatic rings. The molecule has 0 bridgehead atoms. The van der Waals surface area contributed by atoms with Gasteiger partial charge in [-0.2, -0.15) is 0 Å². The second-order valence-electron chi connectivity index (χ2n) is 3.01. The summed E-state index contributed by atoms with van der Waals surface area (Å²) < 4.78 is 18.7. The van der Waals surface area contributed by atoms with Crippen LogP contribution < -0.4 is 10.1 Å². The monoisotopic (exact) mass is 259 g/mol. The standard InChI is InChI=1S/C9H7BrFNO2/c1-4-9(13)12-7-3-5(11)2-6(10)8(7)14-4/h2-4H,1H3,(H,12,13)/t4-/m1/s1. The van der Waals surface area contributed by atoms with Crippen molar-refractivity contribution in [2.75, 3.05) is 5.32 Å². The molecular formula is C9H7BrFNO2. The summed E-state index contributed by atoms with van der Waals surface area (Å²) in [5.74, 6) is -0.220. The van der Waals surface area contributed by atoms with Crippen molar-refractivity contribution in [2.24, 2.45) is 0 Å². The Labute approximate surface area is 88.4 Å². The molecule has 1 aliphatic rings. The minimum Gasteiger partial charge on any atom is -0.478 e. The summed E-state index contributed by atoms with van der Waals surface area (Å²) >= 11 is 3.16. The van der Waals surface area contributed by atoms with Crippen molar-refractivity contribution in [3.63, 3.8) is 0 Å². The number of carbonyl (C=O) groups is 1. The number of ether oxygens (including phenoxy) is 1. The Kier molecular flexibility index (Phi) is 2.19. The molecule has 0 aliphatic carbocycles. The average molecular weight is 260 g/mol. The largest absolute Gasteiger partial charge is 0.478 e. The molecule has 1 heterocycles. The van der Waals surface area contributed by atoms with Crippen molar-refractivity contribution < 1.29 is 13.9 Å². The second kappa shape index (κ2) is 3.24. The predicted octanol–water partition coefficient (Wildman–Crippen LogP) is 2.31. The molecule has 1 N–H and O–H groups in total. The van der Waals surface area contributed by atoms with E-state index < -0.39 is 11.9 Å². The van der Waals surface area contributed by atoms with Gasteiger partial charge in [0.2, 0.25) is 0 Å². The van der Waals surface area contributed by atoms with E-state index in [1.54, 1.807) is 6.92 Å². The second-order valence-corrected chi connectivity index (χ2v) is 3.87. The van der Waals surface area contributed by atoms with Crippen molar-refractivity contribution in [1.29, 1.82) is 0 Å². The Hall–Kier alpha value is -1.10. The van der Waals surface area contributed by atoms with Crippen LogP contribution >= 0.6 is 15.9 Å². The normalized spacial score (nSPS) is 19.6. The highest BCUT2D eigenvalue weighted by Gasteiger charge is 2.25. The van der Waals surface area contributed by atoms with Gasteiger partial charge >= 0.3 is 0 Å². The maximum Gasteiger partial charge on any atom is 0.265 e. The number of fused-ring (bicyclic) bond motifs is 1. The van der Waals surface area contributed by atoms with Gasteiger partial charge in [0, 0.05) is 6.07 Å². The topological polar surface area (TPSA) is 38.3 Å². The number of hydrogen-bond donors (Lipinski definition) is 1. The molecular weight excluding hydrogens is 253 g/mol. The lowest BCUT2D eigenvalue weighted by Crippen LogP contribution is -2.34. The maximum absolute atomic E-state index is 12.9. The van der Waals surface area contributed by atoms with Gasteiger partial charge in [-0.3, -0.25) is 4.79 Å². The van der Waals surface area contributed by atoms with Crippen LogP contribution in [0, 0.1) is 5.82 Å². The zero-order chi connectivity index (χ0) is 10.3. The minimum absolute atomic E-state index is 0.269. The van der Waals surface area contributed by atoms with Gasteiger partial charge in [0.15, 0.2) is 11.9 Å². The number of hydrogen-bond acceptors (Lipinski definition) is 2. The van der Waals surface area contributed by atoms with Crippen LogP contribution in [-0.4, -0.2) is 12.0 Å². The van der Waals surface area contributed by atoms with E-state index in [1.165, 1.54) is 12.1 Å². The summed E-state index contributed by atoms with van der Waals surface area (Å²) in [6.45, 7) is 1.63. The highest BCUT2D eigenvalue weighted by molar-refractivity contribution is 9.10. The first-order valence-corrected chi connectivity index (χ1v) is 4.84. The Morgan fingerprint density at radius 3 is 3.00 bits per heavy atom. The van der Waals surface area contributed by atoms with Gasteiger partial charge < -0.3 is 10.1 Å². The highest BCUT2D eigenvalue weighted by Crippen LogP contribution is 2.37. The van der Waals surface area contributed by atoms with E-state index in [-0.39, 0.29) is 5.91 Å². The fourth-order valence-electron chi connectivity index (χ4n) is 1.24. The third-order valence-electron chi connectivity index (χ3n) is 1.93. The van der Waals surface area contributed by atoms with Gasteiger partial charge in [-0.15, -0.1) is 0 Å². The molecule has 0 spiro atoms. The van der Waals surface area contributed by atoms with E-state index in [9.17, 15) is 9.18 Å². The molecule has 5 heteroatoms. The van der Waals surface area contributed by atoms with Gasteiger partial charge in [-0.05, 0) is 28.9 Å². The number of rotatable bonds is 0. The van der Waals surface area contributed by atoms with Crippen molar-refractivity contribution >= 4 is 27.5 Å². The first-order valence-electron chi connectivity index (χ1n) is 4.04. The van der Waals surface area contributed by atoms with E-state index in [0.717, 1.165) is 0 Å². The van der Waals surface area contributed by atoms with Crippen LogP contribution in [0.3, 0.4) is 0 Å². The molecule has 0 saturated heterocycles. The number of carbonyl (C=O) groups excluding carboxylic acids is 1. The Balaban J connectivity index is 2.51. The number of benzene rings is 1. The van der Waals surface area contributed by atoms with E-state index in [1.807, 2.05) is 0 Å². The van der Waals surface area contributed by atoms with Crippen LogP contribution in [0.1, 0.15) is 6.92 Å². The van der Waals surface area contributed by atoms with Crippen molar-refractivity contribution in [1.82, 2.24) is 0 Å². The zero-order valence-corrected chi connectivity index (χ0v) is 8.89. The molecule has 14 heavy (non-hydrogen) atoms. The first-order chi connectivity index (χ1) is 6.58. The quantitative estimate of drug-likeness (QED) is 0.777. The first kappa shape index (κ1) is 9.45. The molecule has 1 amide bonds. The van der Waals surface area contributed by atoms with E-state index >= 15 is 0 Å². The predicted molar refractivity (Wildman–Crippen MR) is 52.8 cm³/mol. The van der Waals surface area contributed by atoms with Gasteiger partial charge in [0.1, 0.15) is 5.82 Å². The van der Waals surface area contributed by atoms with Crippen molar-refractivity contribution in [3.8, 4) is 5.75 Å². The molecule has 74 valence electrons. The minimum atomic E-state index is -0.552. The molecule has 0 aromatic heterocycles. The summed E-state index contributed by atoms with van der Waals surface area (Å²) in [4.78, 5) is 11.2. The number of nitrogens with one attached hydrogen (secondary N) is 1. The van der Waals surface area contributed by atoms with Crippen molar-refractivity contribution in [2.45, 2.75) is 13.0 Å². The number of anilines is 1. The van der Waals surface area contributed by atoms with Crippen LogP contribution in [0.15, 0.2) is 16.6 Å². The summed E-state index contributed by atoms with van der Waals surface area (Å²) in [6.07, 6.45) is -0.552. The molecule has 0 radical (unpaired) electrons. The fraction of sp³-hybridized carbons (Fsp3) is 0.222. The van der Waals surface area contributed by atoms with Gasteiger partial charge in [-0.1, -0.05) is 0 Å². The van der Waals surface area contributed by atoms with Crippen LogP contribution in [0.5, 0.6) is 5.75 Å². The SMILES string of the molecule is C[C@H]1Oc2c(Br)cc(F)cc2NC1=O. The molecule has 3 nitrogen and oxygen atoms in total. The lowest BCUT2D eigenvalue weighted by molar-refractivity contribution is -0.122. The van der Waals surface area contributed by atoms with E-state index in [4.69, 9.17) is 4.74 Å². The summed E-state index contributed by atoms with van der Waals surface area (Å²) in [7, 11) is 0. The Morgan fingerprint density at radius 2 is 2.29 bits per heavy atom. The zero-order valence-electron chi connectivity index (χ0n) is 7.30. The van der Waals surface area contributed by atoms with Crippen LogP contribution in [0.2, 0.25) is 0 Å². The Bertz CT molecular complexity index is 408. The smallest absolute Gasteiger partial charge is 0.265 e. The van der Waals surface area contributed by atoms with Gasteiger partial charge in [-0.25, -0.2) is 4.39 Å². The molecule has 1 atom stereocenters. The molecule has 1 aromatic carbocycles. The molecule has 0 fully saturated rings. The highest BCUT2D eigenvalue weighted by atomic mass is 79.9. The number of amides is 1.